The number of nitrogens with two attached hydrogens (primary N) is 1. The van der Waals surface area contributed by atoms with Gasteiger partial charge in [0.15, 0.2) is 5.37 Å². The minimum atomic E-state index is -0.928. The van der Waals surface area contributed by atoms with Crippen molar-refractivity contribution < 1.29 is 18.8 Å². The largest absolute Gasteiger partial charge is 0.368 e. The molecule has 3 amide bonds. The summed E-state index contributed by atoms with van der Waals surface area (Å²) in [5.74, 6) is -1.59. The number of amides is 3. The zero-order chi connectivity index (χ0) is 18.8. The maximum atomic E-state index is 13.1. The molecule has 0 unspecified atom stereocenters. The average Bonchev–Trinajstić information content (AvgIpc) is 2.89. The number of primary amides is 1. The molecule has 0 bridgehead atoms. The van der Waals surface area contributed by atoms with E-state index in [0.29, 0.717) is 5.69 Å². The summed E-state index contributed by atoms with van der Waals surface area (Å²) in [4.78, 5) is 39.2. The van der Waals surface area contributed by atoms with Gasteiger partial charge in [-0.3, -0.25) is 14.4 Å². The predicted molar refractivity (Wildman–Crippen MR) is 98.4 cm³/mol. The molecule has 2 aromatic rings. The van der Waals surface area contributed by atoms with Crippen molar-refractivity contribution in [1.82, 2.24) is 0 Å². The Kier molecular flexibility index (Phi) is 4.94. The Hall–Kier alpha value is -2.87. The van der Waals surface area contributed by atoms with E-state index in [-0.39, 0.29) is 12.2 Å². The Bertz CT molecular complexity index is 855. The smallest absolute Gasteiger partial charge is 0.295 e. The number of hydrogen-bond donors (Lipinski definition) is 1. The van der Waals surface area contributed by atoms with Crippen molar-refractivity contribution in [3.05, 3.63) is 59.9 Å². The number of carbonyl (C=O) groups is 3. The third-order valence-electron chi connectivity index (χ3n) is 3.89. The van der Waals surface area contributed by atoms with Crippen molar-refractivity contribution in [3.8, 4) is 0 Å². The first kappa shape index (κ1) is 17.9. The fraction of sp³-hybridized carbons (Fsp3) is 0.167. The van der Waals surface area contributed by atoms with Gasteiger partial charge in [-0.15, -0.1) is 0 Å². The number of carbonyl (C=O) groups excluding carboxylic acids is 3. The van der Waals surface area contributed by atoms with Crippen molar-refractivity contribution in [3.63, 3.8) is 0 Å². The van der Waals surface area contributed by atoms with Crippen LogP contribution in [0.15, 0.2) is 48.5 Å². The molecule has 3 rings (SSSR count). The Labute approximate surface area is 153 Å². The van der Waals surface area contributed by atoms with Crippen LogP contribution in [0, 0.1) is 12.7 Å². The molecule has 134 valence electrons. The molecule has 0 saturated carbocycles. The van der Waals surface area contributed by atoms with Crippen molar-refractivity contribution in [1.29, 1.82) is 0 Å². The van der Waals surface area contributed by atoms with Gasteiger partial charge in [-0.1, -0.05) is 17.7 Å². The Morgan fingerprint density at radius 3 is 2.35 bits per heavy atom. The quantitative estimate of drug-likeness (QED) is 0.871. The summed E-state index contributed by atoms with van der Waals surface area (Å²) >= 11 is 0.792. The molecule has 1 aliphatic rings. The molecule has 0 aliphatic carbocycles. The van der Waals surface area contributed by atoms with E-state index in [9.17, 15) is 18.8 Å². The fourth-order valence-corrected chi connectivity index (χ4v) is 3.65. The van der Waals surface area contributed by atoms with Crippen LogP contribution in [0.25, 0.3) is 0 Å². The topological polar surface area (TPSA) is 83.7 Å². The predicted octanol–water partition coefficient (Wildman–Crippen LogP) is 2.65. The molecule has 8 heteroatoms. The van der Waals surface area contributed by atoms with Gasteiger partial charge in [-0.2, -0.15) is 0 Å². The molecule has 6 nitrogen and oxygen atoms in total. The van der Waals surface area contributed by atoms with E-state index in [1.807, 2.05) is 19.1 Å². The van der Waals surface area contributed by atoms with E-state index in [1.165, 1.54) is 29.2 Å². The van der Waals surface area contributed by atoms with E-state index in [4.69, 9.17) is 5.73 Å². The molecule has 1 fully saturated rings. The van der Waals surface area contributed by atoms with E-state index in [0.717, 1.165) is 22.2 Å². The number of hydrogen-bond acceptors (Lipinski definition) is 5. The van der Waals surface area contributed by atoms with Crippen molar-refractivity contribution in [2.75, 3.05) is 16.3 Å². The molecule has 1 heterocycles. The van der Waals surface area contributed by atoms with Crippen molar-refractivity contribution in [2.24, 2.45) is 5.73 Å². The molecular formula is C18H16FN3O3S. The van der Waals surface area contributed by atoms with Gasteiger partial charge >= 0.3 is 0 Å². The third-order valence-corrected chi connectivity index (χ3v) is 4.95. The summed E-state index contributed by atoms with van der Waals surface area (Å²) < 4.78 is 13.1. The number of imide groups is 1. The summed E-state index contributed by atoms with van der Waals surface area (Å²) in [6.45, 7) is 1.70. The number of rotatable bonds is 5. The van der Waals surface area contributed by atoms with Crippen LogP contribution in [0.3, 0.4) is 0 Å². The van der Waals surface area contributed by atoms with Gasteiger partial charge in [0.25, 0.3) is 11.1 Å². The Morgan fingerprint density at radius 2 is 1.77 bits per heavy atom. The highest BCUT2D eigenvalue weighted by atomic mass is 32.2. The highest BCUT2D eigenvalue weighted by Crippen LogP contribution is 2.35. The van der Waals surface area contributed by atoms with Gasteiger partial charge < -0.3 is 10.6 Å². The van der Waals surface area contributed by atoms with Crippen LogP contribution in [0.2, 0.25) is 0 Å². The van der Waals surface area contributed by atoms with Crippen LogP contribution in [-0.2, 0) is 9.59 Å². The second kappa shape index (κ2) is 7.17. The summed E-state index contributed by atoms with van der Waals surface area (Å²) in [6, 6.07) is 12.3. The van der Waals surface area contributed by atoms with Crippen LogP contribution < -0.4 is 15.5 Å². The normalized spacial score (nSPS) is 16.8. The van der Waals surface area contributed by atoms with Gasteiger partial charge in [-0.05, 0) is 55.1 Å². The van der Waals surface area contributed by atoms with Gasteiger partial charge in [0, 0.05) is 5.69 Å². The molecular weight excluding hydrogens is 357 g/mol. The lowest BCUT2D eigenvalue weighted by molar-refractivity contribution is -0.117. The summed E-state index contributed by atoms with van der Waals surface area (Å²) in [5, 5.41) is -1.42. The van der Waals surface area contributed by atoms with E-state index < -0.39 is 28.2 Å². The SMILES string of the molecule is Cc1ccc(N(CC(N)=O)[C@@H]2SC(=O)N(c3ccc(F)cc3)C2=O)cc1. The minimum absolute atomic E-state index is 0.211. The van der Waals surface area contributed by atoms with Crippen LogP contribution in [-0.4, -0.2) is 29.0 Å². The zero-order valence-electron chi connectivity index (χ0n) is 13.9. The van der Waals surface area contributed by atoms with Crippen LogP contribution >= 0.6 is 11.8 Å². The first-order chi connectivity index (χ1) is 12.4. The zero-order valence-corrected chi connectivity index (χ0v) is 14.7. The number of benzene rings is 2. The monoisotopic (exact) mass is 373 g/mol. The molecule has 1 atom stereocenters. The molecule has 0 spiro atoms. The molecule has 0 radical (unpaired) electrons. The Morgan fingerprint density at radius 1 is 1.15 bits per heavy atom. The fourth-order valence-electron chi connectivity index (χ4n) is 2.63. The maximum absolute atomic E-state index is 13.1. The number of aryl methyl sites for hydroxylation is 1. The van der Waals surface area contributed by atoms with Gasteiger partial charge in [-0.25, -0.2) is 9.29 Å². The van der Waals surface area contributed by atoms with Gasteiger partial charge in [0.2, 0.25) is 5.91 Å². The van der Waals surface area contributed by atoms with E-state index >= 15 is 0 Å². The van der Waals surface area contributed by atoms with E-state index in [1.54, 1.807) is 12.1 Å². The molecule has 0 aromatic heterocycles. The molecule has 2 aromatic carbocycles. The second-order valence-electron chi connectivity index (χ2n) is 5.82. The number of thioether (sulfide) groups is 1. The lowest BCUT2D eigenvalue weighted by Crippen LogP contribution is -2.45. The molecule has 26 heavy (non-hydrogen) atoms. The first-order valence-corrected chi connectivity index (χ1v) is 8.66. The molecule has 1 saturated heterocycles. The van der Waals surface area contributed by atoms with Gasteiger partial charge in [0.1, 0.15) is 5.82 Å². The third kappa shape index (κ3) is 3.55. The summed E-state index contributed by atoms with van der Waals surface area (Å²) in [7, 11) is 0. The second-order valence-corrected chi connectivity index (χ2v) is 6.85. The average molecular weight is 373 g/mol. The Balaban J connectivity index is 1.93. The van der Waals surface area contributed by atoms with E-state index in [2.05, 4.69) is 0 Å². The van der Waals surface area contributed by atoms with Crippen LogP contribution in [0.4, 0.5) is 20.6 Å². The van der Waals surface area contributed by atoms with Crippen LogP contribution in [0.1, 0.15) is 5.56 Å². The van der Waals surface area contributed by atoms with Crippen LogP contribution in [0.5, 0.6) is 0 Å². The summed E-state index contributed by atoms with van der Waals surface area (Å²) in [5.41, 5.74) is 7.23. The maximum Gasteiger partial charge on any atom is 0.295 e. The van der Waals surface area contributed by atoms with Crippen molar-refractivity contribution in [2.45, 2.75) is 12.3 Å². The highest BCUT2D eigenvalue weighted by Gasteiger charge is 2.44. The summed E-state index contributed by atoms with van der Waals surface area (Å²) in [6.07, 6.45) is 0. The number of nitrogens with zero attached hydrogens (tertiary/aromatic N) is 2. The van der Waals surface area contributed by atoms with Gasteiger partial charge in [0.05, 0.1) is 12.2 Å². The molecule has 1 aliphatic heterocycles. The van der Waals surface area contributed by atoms with Crippen molar-refractivity contribution >= 4 is 40.2 Å². The standard InChI is InChI=1S/C18H16FN3O3S/c1-11-2-6-13(7-3-11)21(10-15(20)23)17-16(24)22(18(25)26-17)14-8-4-12(19)5-9-14/h2-9,17H,10H2,1H3,(H2,20,23)/t17-/m1/s1. The highest BCUT2D eigenvalue weighted by molar-refractivity contribution is 8.16. The minimum Gasteiger partial charge on any atom is -0.368 e. The lowest BCUT2D eigenvalue weighted by Gasteiger charge is -2.27. The number of anilines is 2. The molecule has 2 N–H and O–H groups in total. The first-order valence-electron chi connectivity index (χ1n) is 7.78. The number of halogens is 1. The lowest BCUT2D eigenvalue weighted by atomic mass is 10.2.